The molecule has 4 amide bonds. The normalized spacial score (nSPS) is 18.8. The fraction of sp³-hybridized carbons (Fsp3) is 0.765. The van der Waals surface area contributed by atoms with Gasteiger partial charge in [0, 0.05) is 6.54 Å². The van der Waals surface area contributed by atoms with Crippen LogP contribution in [0.3, 0.4) is 0 Å². The Hall–Kier alpha value is -2.32. The molecule has 0 aromatic heterocycles. The quantitative estimate of drug-likeness (QED) is 0.592. The summed E-state index contributed by atoms with van der Waals surface area (Å²) in [5, 5.41) is 5.04. The van der Waals surface area contributed by atoms with E-state index >= 15 is 0 Å². The maximum absolute atomic E-state index is 12.8. The molecule has 1 rings (SSSR count). The molecule has 0 aliphatic carbocycles. The molecule has 2 atom stereocenters. The second kappa shape index (κ2) is 9.40. The minimum absolute atomic E-state index is 0.277. The summed E-state index contributed by atoms with van der Waals surface area (Å²) in [6.07, 6.45) is 1.60. The van der Waals surface area contributed by atoms with Crippen LogP contribution in [-0.2, 0) is 19.1 Å². The van der Waals surface area contributed by atoms with Crippen LogP contribution in [-0.4, -0.2) is 59.5 Å². The molecule has 0 saturated carbocycles. The molecule has 0 aromatic rings. The maximum atomic E-state index is 12.8. The van der Waals surface area contributed by atoms with Gasteiger partial charge in [-0.2, -0.15) is 0 Å². The largest absolute Gasteiger partial charge is 0.444 e. The molecule has 0 bridgehead atoms. The lowest BCUT2D eigenvalue weighted by molar-refractivity contribution is -0.144. The highest BCUT2D eigenvalue weighted by molar-refractivity contribution is 5.93. The van der Waals surface area contributed by atoms with Crippen LogP contribution >= 0.6 is 0 Å². The highest BCUT2D eigenvalue weighted by Gasteiger charge is 2.37. The number of nitrogens with one attached hydrogen (secondary N) is 2. The van der Waals surface area contributed by atoms with Gasteiger partial charge >= 0.3 is 6.09 Å². The van der Waals surface area contributed by atoms with E-state index in [4.69, 9.17) is 10.5 Å². The van der Waals surface area contributed by atoms with E-state index in [1.165, 1.54) is 4.90 Å². The number of piperidine rings is 1. The zero-order chi connectivity index (χ0) is 19.9. The lowest BCUT2D eigenvalue weighted by Crippen LogP contribution is -2.59. The van der Waals surface area contributed by atoms with Crippen LogP contribution in [0.5, 0.6) is 0 Å². The first-order chi connectivity index (χ1) is 12.0. The minimum atomic E-state index is -0.734. The number of nitrogens with two attached hydrogens (primary N) is 1. The molecule has 0 spiro atoms. The van der Waals surface area contributed by atoms with Gasteiger partial charge in [-0.3, -0.25) is 14.4 Å². The fourth-order valence-electron chi connectivity index (χ4n) is 2.79. The van der Waals surface area contributed by atoms with Gasteiger partial charge in [0.25, 0.3) is 0 Å². The smallest absolute Gasteiger partial charge is 0.408 e. The summed E-state index contributed by atoms with van der Waals surface area (Å²) in [6, 6.07) is -1.43. The molecule has 1 saturated heterocycles. The fourth-order valence-corrected chi connectivity index (χ4v) is 2.79. The molecule has 0 aromatic carbocycles. The van der Waals surface area contributed by atoms with Gasteiger partial charge in [0.15, 0.2) is 0 Å². The van der Waals surface area contributed by atoms with Gasteiger partial charge in [0.05, 0.1) is 6.54 Å². The van der Waals surface area contributed by atoms with E-state index in [1.54, 1.807) is 20.8 Å². The van der Waals surface area contributed by atoms with Crippen molar-refractivity contribution in [2.45, 2.75) is 71.1 Å². The first-order valence-corrected chi connectivity index (χ1v) is 8.91. The number of primary amides is 1. The van der Waals surface area contributed by atoms with Crippen LogP contribution in [0.25, 0.3) is 0 Å². The third-order valence-electron chi connectivity index (χ3n) is 3.84. The summed E-state index contributed by atoms with van der Waals surface area (Å²) in [5.41, 5.74) is 4.39. The number of carbonyl (C=O) groups excluding carboxylic acids is 4. The molecule has 26 heavy (non-hydrogen) atoms. The standard InChI is InChI=1S/C17H30N4O5/c1-5-7-12(14(23)19-10-13(18)22)21-9-6-8-11(15(21)24)20-16(25)26-17(2,3)4/h11-12H,5-10H2,1-4H3,(H2,18,22)(H,19,23)(H,20,25)/t11-,12?/m1/s1. The highest BCUT2D eigenvalue weighted by atomic mass is 16.6. The van der Waals surface area contributed by atoms with Crippen molar-refractivity contribution in [3.8, 4) is 0 Å². The maximum Gasteiger partial charge on any atom is 0.408 e. The van der Waals surface area contributed by atoms with E-state index in [1.807, 2.05) is 6.92 Å². The van der Waals surface area contributed by atoms with E-state index in [0.717, 1.165) is 0 Å². The third kappa shape index (κ3) is 6.89. The third-order valence-corrected chi connectivity index (χ3v) is 3.84. The molecular weight excluding hydrogens is 340 g/mol. The number of likely N-dealkylation sites (tertiary alicyclic amines) is 1. The average molecular weight is 370 g/mol. The second-order valence-corrected chi connectivity index (χ2v) is 7.36. The number of nitrogens with zero attached hydrogens (tertiary/aromatic N) is 1. The number of ether oxygens (including phenoxy) is 1. The molecule has 1 fully saturated rings. The summed E-state index contributed by atoms with van der Waals surface area (Å²) < 4.78 is 5.19. The van der Waals surface area contributed by atoms with Crippen molar-refractivity contribution < 1.29 is 23.9 Å². The zero-order valence-corrected chi connectivity index (χ0v) is 16.0. The number of hydrogen-bond donors (Lipinski definition) is 3. The van der Waals surface area contributed by atoms with Gasteiger partial charge in [-0.05, 0) is 40.0 Å². The van der Waals surface area contributed by atoms with Crippen molar-refractivity contribution in [1.82, 2.24) is 15.5 Å². The predicted molar refractivity (Wildman–Crippen MR) is 95.0 cm³/mol. The Bertz CT molecular complexity index is 544. The average Bonchev–Trinajstić information content (AvgIpc) is 2.51. The molecule has 9 nitrogen and oxygen atoms in total. The summed E-state index contributed by atoms with van der Waals surface area (Å²) in [6.45, 7) is 7.26. The van der Waals surface area contributed by atoms with Crippen LogP contribution in [0, 0.1) is 0 Å². The molecule has 1 aliphatic rings. The molecule has 4 N–H and O–H groups in total. The Morgan fingerprint density at radius 2 is 2.00 bits per heavy atom. The van der Waals surface area contributed by atoms with Crippen LogP contribution < -0.4 is 16.4 Å². The van der Waals surface area contributed by atoms with Crippen molar-refractivity contribution in [2.75, 3.05) is 13.1 Å². The van der Waals surface area contributed by atoms with E-state index in [-0.39, 0.29) is 12.5 Å². The number of hydrogen-bond acceptors (Lipinski definition) is 5. The van der Waals surface area contributed by atoms with E-state index in [9.17, 15) is 19.2 Å². The summed E-state index contributed by atoms with van der Waals surface area (Å²) in [4.78, 5) is 49.4. The molecule has 1 aliphatic heterocycles. The van der Waals surface area contributed by atoms with Crippen LogP contribution in [0.15, 0.2) is 0 Å². The monoisotopic (exact) mass is 370 g/mol. The van der Waals surface area contributed by atoms with E-state index in [2.05, 4.69) is 10.6 Å². The van der Waals surface area contributed by atoms with Gasteiger partial charge in [-0.1, -0.05) is 13.3 Å². The molecule has 148 valence electrons. The molecular formula is C17H30N4O5. The lowest BCUT2D eigenvalue weighted by atomic mass is 10.00. The van der Waals surface area contributed by atoms with Gasteiger partial charge in [-0.15, -0.1) is 0 Å². The molecule has 9 heteroatoms. The Morgan fingerprint density at radius 3 is 2.54 bits per heavy atom. The van der Waals surface area contributed by atoms with Crippen molar-refractivity contribution in [2.24, 2.45) is 5.73 Å². The van der Waals surface area contributed by atoms with E-state index < -0.39 is 35.6 Å². The number of amides is 4. The van der Waals surface area contributed by atoms with Gasteiger partial charge in [0.1, 0.15) is 17.7 Å². The summed E-state index contributed by atoms with van der Waals surface area (Å²) in [7, 11) is 0. The Balaban J connectivity index is 2.79. The van der Waals surface area contributed by atoms with Crippen molar-refractivity contribution in [3.05, 3.63) is 0 Å². The van der Waals surface area contributed by atoms with Crippen molar-refractivity contribution in [3.63, 3.8) is 0 Å². The SMILES string of the molecule is CCCC(C(=O)NCC(N)=O)N1CCC[C@@H](NC(=O)OC(C)(C)C)C1=O. The first kappa shape index (κ1) is 21.7. The number of rotatable bonds is 7. The zero-order valence-electron chi connectivity index (χ0n) is 16.0. The minimum Gasteiger partial charge on any atom is -0.444 e. The Morgan fingerprint density at radius 1 is 1.35 bits per heavy atom. The molecule has 1 heterocycles. The predicted octanol–water partition coefficient (Wildman–Crippen LogP) is 0.272. The number of carbonyl (C=O) groups is 4. The van der Waals surface area contributed by atoms with Crippen LogP contribution in [0.1, 0.15) is 53.4 Å². The van der Waals surface area contributed by atoms with Crippen molar-refractivity contribution in [1.29, 1.82) is 0 Å². The van der Waals surface area contributed by atoms with Crippen LogP contribution in [0.4, 0.5) is 4.79 Å². The summed E-state index contributed by atoms with van der Waals surface area (Å²) in [5.74, 6) is -1.39. The Kier molecular flexibility index (Phi) is 7.85. The van der Waals surface area contributed by atoms with Gasteiger partial charge in [-0.25, -0.2) is 4.79 Å². The Labute approximate surface area is 154 Å². The second-order valence-electron chi connectivity index (χ2n) is 7.36. The van der Waals surface area contributed by atoms with Gasteiger partial charge < -0.3 is 26.0 Å². The van der Waals surface area contributed by atoms with Crippen molar-refractivity contribution >= 4 is 23.8 Å². The number of alkyl carbamates (subject to hydrolysis) is 1. The van der Waals surface area contributed by atoms with Crippen LogP contribution in [0.2, 0.25) is 0 Å². The van der Waals surface area contributed by atoms with E-state index in [0.29, 0.717) is 32.2 Å². The lowest BCUT2D eigenvalue weighted by Gasteiger charge is -2.37. The molecule has 1 unspecified atom stereocenters. The topological polar surface area (TPSA) is 131 Å². The van der Waals surface area contributed by atoms with Gasteiger partial charge in [0.2, 0.25) is 17.7 Å². The highest BCUT2D eigenvalue weighted by Crippen LogP contribution is 2.18. The molecule has 0 radical (unpaired) electrons. The first-order valence-electron chi connectivity index (χ1n) is 8.91. The summed E-state index contributed by atoms with van der Waals surface area (Å²) >= 11 is 0.